The number of morpholine rings is 1. The van der Waals surface area contributed by atoms with Crippen molar-refractivity contribution in [2.45, 2.75) is 24.9 Å². The van der Waals surface area contributed by atoms with Crippen LogP contribution in [0, 0.1) is 5.82 Å². The zero-order chi connectivity index (χ0) is 18.4. The maximum atomic E-state index is 13.1. The minimum Gasteiger partial charge on any atom is -0.393 e. The molecule has 0 saturated carbocycles. The first-order valence-electron chi connectivity index (χ1n) is 8.76. The van der Waals surface area contributed by atoms with Crippen LogP contribution in [0.4, 0.5) is 4.39 Å². The van der Waals surface area contributed by atoms with Crippen LogP contribution in [0.5, 0.6) is 0 Å². The Bertz CT molecular complexity index is 724. The van der Waals surface area contributed by atoms with Gasteiger partial charge in [0.15, 0.2) is 0 Å². The summed E-state index contributed by atoms with van der Waals surface area (Å²) < 4.78 is 18.9. The van der Waals surface area contributed by atoms with Gasteiger partial charge >= 0.3 is 0 Å². The van der Waals surface area contributed by atoms with Gasteiger partial charge in [-0.1, -0.05) is 18.2 Å². The molecule has 1 amide bonds. The fourth-order valence-corrected chi connectivity index (χ4v) is 3.25. The molecule has 1 saturated heterocycles. The highest BCUT2D eigenvalue weighted by Gasteiger charge is 2.38. The van der Waals surface area contributed by atoms with Crippen molar-refractivity contribution in [3.63, 3.8) is 0 Å². The van der Waals surface area contributed by atoms with E-state index in [1.165, 1.54) is 12.1 Å². The lowest BCUT2D eigenvalue weighted by atomic mass is 9.93. The van der Waals surface area contributed by atoms with E-state index >= 15 is 0 Å². The number of aromatic nitrogens is 1. The van der Waals surface area contributed by atoms with Crippen LogP contribution in [-0.4, -0.2) is 52.8 Å². The fourth-order valence-electron chi connectivity index (χ4n) is 3.25. The van der Waals surface area contributed by atoms with Crippen LogP contribution in [-0.2, 0) is 22.4 Å². The Morgan fingerprint density at radius 2 is 2.08 bits per heavy atom. The normalized spacial score (nSPS) is 20.2. The Morgan fingerprint density at radius 1 is 1.27 bits per heavy atom. The number of halogens is 1. The number of aryl methyl sites for hydroxylation is 1. The Hall–Kier alpha value is -2.31. The number of benzene rings is 1. The largest absolute Gasteiger partial charge is 0.393 e. The highest BCUT2D eigenvalue weighted by atomic mass is 19.1. The lowest BCUT2D eigenvalue weighted by molar-refractivity contribution is -0.157. The molecule has 1 atom stereocenters. The van der Waals surface area contributed by atoms with E-state index in [4.69, 9.17) is 4.74 Å². The number of aliphatic hydroxyl groups excluding tert-OH is 1. The molecule has 1 unspecified atom stereocenters. The van der Waals surface area contributed by atoms with Crippen molar-refractivity contribution >= 4 is 5.91 Å². The molecule has 6 heteroatoms. The van der Waals surface area contributed by atoms with Crippen molar-refractivity contribution in [3.05, 3.63) is 65.7 Å². The van der Waals surface area contributed by atoms with Gasteiger partial charge < -0.3 is 14.7 Å². The summed E-state index contributed by atoms with van der Waals surface area (Å²) in [7, 11) is 0. The molecule has 1 aromatic heterocycles. The molecule has 3 rings (SSSR count). The number of nitrogens with zero attached hydrogens (tertiary/aromatic N) is 2. The second-order valence-corrected chi connectivity index (χ2v) is 6.67. The zero-order valence-electron chi connectivity index (χ0n) is 14.6. The van der Waals surface area contributed by atoms with E-state index in [1.807, 2.05) is 12.1 Å². The molecule has 1 fully saturated rings. The molecule has 1 N–H and O–H groups in total. The molecule has 0 radical (unpaired) electrons. The highest BCUT2D eigenvalue weighted by molar-refractivity contribution is 5.76. The molecule has 2 heterocycles. The lowest BCUT2D eigenvalue weighted by Gasteiger charge is -2.42. The molecule has 138 valence electrons. The molecule has 0 bridgehead atoms. The molecule has 2 aromatic rings. The van der Waals surface area contributed by atoms with E-state index in [1.54, 1.807) is 29.4 Å². The summed E-state index contributed by atoms with van der Waals surface area (Å²) in [4.78, 5) is 18.4. The van der Waals surface area contributed by atoms with Gasteiger partial charge in [-0.15, -0.1) is 0 Å². The maximum Gasteiger partial charge on any atom is 0.223 e. The van der Waals surface area contributed by atoms with Gasteiger partial charge in [-0.2, -0.15) is 0 Å². The zero-order valence-corrected chi connectivity index (χ0v) is 14.6. The van der Waals surface area contributed by atoms with Crippen molar-refractivity contribution in [1.29, 1.82) is 0 Å². The van der Waals surface area contributed by atoms with Gasteiger partial charge in [0.25, 0.3) is 0 Å². The van der Waals surface area contributed by atoms with Crippen LogP contribution in [0.25, 0.3) is 0 Å². The number of amides is 1. The van der Waals surface area contributed by atoms with Crippen LogP contribution in [0.15, 0.2) is 48.8 Å². The van der Waals surface area contributed by atoms with Gasteiger partial charge in [-0.3, -0.25) is 9.78 Å². The van der Waals surface area contributed by atoms with Gasteiger partial charge in [-0.25, -0.2) is 4.39 Å². The number of carbonyl (C=O) groups is 1. The number of ether oxygens (including phenoxy) is 1. The van der Waals surface area contributed by atoms with Crippen LogP contribution in [0.3, 0.4) is 0 Å². The Morgan fingerprint density at radius 3 is 2.77 bits per heavy atom. The van der Waals surface area contributed by atoms with Gasteiger partial charge in [0, 0.05) is 31.8 Å². The van der Waals surface area contributed by atoms with Crippen LogP contribution in [0.2, 0.25) is 0 Å². The smallest absolute Gasteiger partial charge is 0.223 e. The van der Waals surface area contributed by atoms with Crippen LogP contribution < -0.4 is 0 Å². The molecular formula is C20H23FN2O3. The number of hydrogen-bond acceptors (Lipinski definition) is 4. The molecule has 5 nitrogen and oxygen atoms in total. The predicted octanol–water partition coefficient (Wildman–Crippen LogP) is 1.99. The SMILES string of the molecule is O=C(CCc1cccnc1)N1CCOC(CO)(Cc2ccc(F)cc2)C1. The summed E-state index contributed by atoms with van der Waals surface area (Å²) in [6.45, 7) is 1.01. The molecule has 1 aliphatic heterocycles. The Labute approximate surface area is 152 Å². The average Bonchev–Trinajstić information content (AvgIpc) is 2.69. The molecule has 26 heavy (non-hydrogen) atoms. The summed E-state index contributed by atoms with van der Waals surface area (Å²) in [5, 5.41) is 9.92. The van der Waals surface area contributed by atoms with Crippen LogP contribution >= 0.6 is 0 Å². The van der Waals surface area contributed by atoms with Crippen molar-refractivity contribution in [2.75, 3.05) is 26.3 Å². The standard InChI is InChI=1S/C20H23FN2O3/c21-18-6-3-16(4-7-18)12-20(15-24)14-23(10-11-26-20)19(25)8-5-17-2-1-9-22-13-17/h1-4,6-7,9,13,24H,5,8,10-12,14-15H2. The predicted molar refractivity (Wildman–Crippen MR) is 95.0 cm³/mol. The highest BCUT2D eigenvalue weighted by Crippen LogP contribution is 2.24. The average molecular weight is 358 g/mol. The Kier molecular flexibility index (Phi) is 5.96. The third-order valence-electron chi connectivity index (χ3n) is 4.68. The first kappa shape index (κ1) is 18.5. The monoisotopic (exact) mass is 358 g/mol. The number of pyridine rings is 1. The molecule has 0 spiro atoms. The van der Waals surface area contributed by atoms with Gasteiger partial charge in [0.1, 0.15) is 11.4 Å². The second-order valence-electron chi connectivity index (χ2n) is 6.67. The summed E-state index contributed by atoms with van der Waals surface area (Å²) in [6, 6.07) is 9.94. The van der Waals surface area contributed by atoms with Gasteiger partial charge in [0.2, 0.25) is 5.91 Å². The molecular weight excluding hydrogens is 335 g/mol. The molecule has 0 aliphatic carbocycles. The summed E-state index contributed by atoms with van der Waals surface area (Å²) in [5.74, 6) is -0.266. The van der Waals surface area contributed by atoms with Crippen molar-refractivity contribution in [1.82, 2.24) is 9.88 Å². The van der Waals surface area contributed by atoms with E-state index in [0.717, 1.165) is 11.1 Å². The number of aliphatic hydroxyl groups is 1. The minimum atomic E-state index is -0.847. The van der Waals surface area contributed by atoms with E-state index in [0.29, 0.717) is 39.0 Å². The number of hydrogen-bond donors (Lipinski definition) is 1. The lowest BCUT2D eigenvalue weighted by Crippen LogP contribution is -2.56. The fraction of sp³-hybridized carbons (Fsp3) is 0.400. The number of carbonyl (C=O) groups excluding carboxylic acids is 1. The van der Waals surface area contributed by atoms with Crippen molar-refractivity contribution in [3.8, 4) is 0 Å². The summed E-state index contributed by atoms with van der Waals surface area (Å²) in [6.07, 6.45) is 4.92. The van der Waals surface area contributed by atoms with Crippen molar-refractivity contribution in [2.24, 2.45) is 0 Å². The van der Waals surface area contributed by atoms with E-state index in [2.05, 4.69) is 4.98 Å². The van der Waals surface area contributed by atoms with E-state index < -0.39 is 5.60 Å². The first-order chi connectivity index (χ1) is 12.6. The van der Waals surface area contributed by atoms with Crippen LogP contribution in [0.1, 0.15) is 17.5 Å². The van der Waals surface area contributed by atoms with Gasteiger partial charge in [0.05, 0.1) is 19.8 Å². The summed E-state index contributed by atoms with van der Waals surface area (Å²) in [5.41, 5.74) is 1.04. The minimum absolute atomic E-state index is 0.0362. The third-order valence-corrected chi connectivity index (χ3v) is 4.68. The number of rotatable bonds is 6. The van der Waals surface area contributed by atoms with Gasteiger partial charge in [-0.05, 0) is 35.7 Å². The topological polar surface area (TPSA) is 62.7 Å². The quantitative estimate of drug-likeness (QED) is 0.858. The molecule has 1 aliphatic rings. The Balaban J connectivity index is 1.62. The second kappa shape index (κ2) is 8.38. The first-order valence-corrected chi connectivity index (χ1v) is 8.76. The summed E-state index contributed by atoms with van der Waals surface area (Å²) >= 11 is 0. The molecule has 1 aromatic carbocycles. The maximum absolute atomic E-state index is 13.1. The van der Waals surface area contributed by atoms with E-state index in [9.17, 15) is 14.3 Å². The third kappa shape index (κ3) is 4.65. The van der Waals surface area contributed by atoms with E-state index in [-0.39, 0.29) is 18.3 Å². The van der Waals surface area contributed by atoms with Crippen molar-refractivity contribution < 1.29 is 19.0 Å².